The Morgan fingerprint density at radius 3 is 2.52 bits per heavy atom. The van der Waals surface area contributed by atoms with E-state index in [1.807, 2.05) is 36.4 Å². The zero-order valence-corrected chi connectivity index (χ0v) is 18.8. The molecule has 3 aromatic rings. The van der Waals surface area contributed by atoms with E-state index >= 15 is 0 Å². The van der Waals surface area contributed by atoms with Crippen LogP contribution in [0.2, 0.25) is 0 Å². The van der Waals surface area contributed by atoms with Crippen LogP contribution in [-0.2, 0) is 16.1 Å². The fraction of sp³-hybridized carbons (Fsp3) is 0.333. The molecule has 0 atom stereocenters. The lowest BCUT2D eigenvalue weighted by molar-refractivity contribution is -0.140. The third-order valence-electron chi connectivity index (χ3n) is 5.67. The first-order valence-electron chi connectivity index (χ1n) is 10.8. The van der Waals surface area contributed by atoms with Crippen molar-refractivity contribution in [3.63, 3.8) is 0 Å². The number of piperazine rings is 1. The van der Waals surface area contributed by atoms with Crippen LogP contribution in [0.15, 0.2) is 59.2 Å². The molecule has 1 saturated heterocycles. The van der Waals surface area contributed by atoms with Crippen LogP contribution in [-0.4, -0.2) is 71.6 Å². The molecule has 1 aromatic carbocycles. The normalized spacial score (nSPS) is 13.6. The topological polar surface area (TPSA) is 92.0 Å². The number of methoxy groups -OCH3 is 1. The molecule has 0 spiro atoms. The zero-order valence-electron chi connectivity index (χ0n) is 18.8. The van der Waals surface area contributed by atoms with E-state index in [9.17, 15) is 9.59 Å². The van der Waals surface area contributed by atoms with Crippen LogP contribution in [0.3, 0.4) is 0 Å². The molecule has 0 bridgehead atoms. The predicted molar refractivity (Wildman–Crippen MR) is 123 cm³/mol. The van der Waals surface area contributed by atoms with Gasteiger partial charge in [-0.1, -0.05) is 12.1 Å². The van der Waals surface area contributed by atoms with Crippen LogP contribution >= 0.6 is 0 Å². The van der Waals surface area contributed by atoms with Crippen molar-refractivity contribution in [2.45, 2.75) is 13.5 Å². The van der Waals surface area contributed by atoms with Gasteiger partial charge in [0.15, 0.2) is 5.82 Å². The second kappa shape index (κ2) is 10.2. The Bertz CT molecular complexity index is 1080. The monoisotopic (exact) mass is 449 g/mol. The standard InChI is InChI=1S/C24H27N5O4/c1-18(30)29(16-21-7-4-14-33-21)17-24(31)28-12-10-27(11-13-28)23-9-8-22(25-26-23)19-5-3-6-20(15-19)32-2/h3-9,14-15H,10-13,16-17H2,1-2H3. The van der Waals surface area contributed by atoms with E-state index in [0.717, 1.165) is 22.8 Å². The maximum Gasteiger partial charge on any atom is 0.242 e. The Hall–Kier alpha value is -3.88. The van der Waals surface area contributed by atoms with E-state index < -0.39 is 0 Å². The minimum atomic E-state index is -0.162. The summed E-state index contributed by atoms with van der Waals surface area (Å²) in [6.07, 6.45) is 1.56. The van der Waals surface area contributed by atoms with Crippen LogP contribution in [0.5, 0.6) is 5.75 Å². The smallest absolute Gasteiger partial charge is 0.242 e. The summed E-state index contributed by atoms with van der Waals surface area (Å²) >= 11 is 0. The van der Waals surface area contributed by atoms with Crippen LogP contribution in [0.4, 0.5) is 5.82 Å². The minimum absolute atomic E-state index is 0.0328. The van der Waals surface area contributed by atoms with E-state index in [2.05, 4.69) is 15.1 Å². The summed E-state index contributed by atoms with van der Waals surface area (Å²) in [6.45, 7) is 4.19. The maximum atomic E-state index is 12.8. The highest BCUT2D eigenvalue weighted by Gasteiger charge is 2.25. The molecule has 0 radical (unpaired) electrons. The molecule has 1 fully saturated rings. The summed E-state index contributed by atoms with van der Waals surface area (Å²) in [5, 5.41) is 8.75. The molecule has 1 aliphatic rings. The number of hydrogen-bond acceptors (Lipinski definition) is 7. The van der Waals surface area contributed by atoms with E-state index in [1.165, 1.54) is 11.8 Å². The Morgan fingerprint density at radius 2 is 1.88 bits per heavy atom. The first-order valence-corrected chi connectivity index (χ1v) is 10.8. The summed E-state index contributed by atoms with van der Waals surface area (Å²) in [6, 6.07) is 15.1. The summed E-state index contributed by atoms with van der Waals surface area (Å²) in [5.41, 5.74) is 1.71. The van der Waals surface area contributed by atoms with Gasteiger partial charge in [0.25, 0.3) is 0 Å². The van der Waals surface area contributed by atoms with Crippen LogP contribution in [0, 0.1) is 0 Å². The number of benzene rings is 1. The molecule has 3 heterocycles. The van der Waals surface area contributed by atoms with Crippen molar-refractivity contribution in [2.24, 2.45) is 0 Å². The predicted octanol–water partition coefficient (Wildman–Crippen LogP) is 2.44. The van der Waals surface area contributed by atoms with Crippen molar-refractivity contribution in [3.05, 3.63) is 60.6 Å². The molecule has 172 valence electrons. The number of furan rings is 1. The molecular formula is C24H27N5O4. The third-order valence-corrected chi connectivity index (χ3v) is 5.67. The highest BCUT2D eigenvalue weighted by molar-refractivity contribution is 5.84. The van der Waals surface area contributed by atoms with E-state index in [0.29, 0.717) is 31.9 Å². The van der Waals surface area contributed by atoms with Gasteiger partial charge in [-0.25, -0.2) is 0 Å². The number of ether oxygens (including phenoxy) is 1. The molecular weight excluding hydrogens is 422 g/mol. The van der Waals surface area contributed by atoms with Crippen molar-refractivity contribution in [1.29, 1.82) is 0 Å². The van der Waals surface area contributed by atoms with Gasteiger partial charge in [0.2, 0.25) is 11.8 Å². The number of carbonyl (C=O) groups is 2. The van der Waals surface area contributed by atoms with Crippen molar-refractivity contribution in [2.75, 3.05) is 44.7 Å². The molecule has 1 aliphatic heterocycles. The Morgan fingerprint density at radius 1 is 1.06 bits per heavy atom. The lowest BCUT2D eigenvalue weighted by Crippen LogP contribution is -2.51. The Balaban J connectivity index is 1.32. The van der Waals surface area contributed by atoms with Crippen LogP contribution in [0.1, 0.15) is 12.7 Å². The Kier molecular flexibility index (Phi) is 6.87. The van der Waals surface area contributed by atoms with Crippen molar-refractivity contribution in [3.8, 4) is 17.0 Å². The Labute approximate surface area is 192 Å². The van der Waals surface area contributed by atoms with Gasteiger partial charge in [0.1, 0.15) is 18.1 Å². The van der Waals surface area contributed by atoms with E-state index in [-0.39, 0.29) is 24.9 Å². The van der Waals surface area contributed by atoms with Crippen molar-refractivity contribution < 1.29 is 18.7 Å². The summed E-state index contributed by atoms with van der Waals surface area (Å²) in [7, 11) is 1.63. The number of rotatable bonds is 7. The first-order chi connectivity index (χ1) is 16.0. The summed E-state index contributed by atoms with van der Waals surface area (Å²) in [5.74, 6) is 1.96. The molecule has 0 saturated carbocycles. The van der Waals surface area contributed by atoms with Gasteiger partial charge < -0.3 is 23.9 Å². The number of anilines is 1. The summed E-state index contributed by atoms with van der Waals surface area (Å²) in [4.78, 5) is 30.1. The van der Waals surface area contributed by atoms with Crippen LogP contribution in [0.25, 0.3) is 11.3 Å². The van der Waals surface area contributed by atoms with Gasteiger partial charge in [-0.3, -0.25) is 9.59 Å². The minimum Gasteiger partial charge on any atom is -0.497 e. The van der Waals surface area contributed by atoms with Gasteiger partial charge in [-0.05, 0) is 36.4 Å². The third kappa shape index (κ3) is 5.49. The number of carbonyl (C=O) groups excluding carboxylic acids is 2. The van der Waals surface area contributed by atoms with E-state index in [4.69, 9.17) is 9.15 Å². The number of aromatic nitrogens is 2. The SMILES string of the molecule is COc1cccc(-c2ccc(N3CCN(C(=O)CN(Cc4ccco4)C(C)=O)CC3)nn2)c1. The second-order valence-electron chi connectivity index (χ2n) is 7.83. The van der Waals surface area contributed by atoms with Gasteiger partial charge >= 0.3 is 0 Å². The molecule has 9 nitrogen and oxygen atoms in total. The highest BCUT2D eigenvalue weighted by atomic mass is 16.5. The van der Waals surface area contributed by atoms with Crippen molar-refractivity contribution >= 4 is 17.6 Å². The molecule has 2 aromatic heterocycles. The number of nitrogens with zero attached hydrogens (tertiary/aromatic N) is 5. The van der Waals surface area contributed by atoms with Crippen molar-refractivity contribution in [1.82, 2.24) is 20.0 Å². The largest absolute Gasteiger partial charge is 0.497 e. The highest BCUT2D eigenvalue weighted by Crippen LogP contribution is 2.23. The molecule has 2 amide bonds. The molecule has 33 heavy (non-hydrogen) atoms. The van der Waals surface area contributed by atoms with Gasteiger partial charge in [-0.15, -0.1) is 10.2 Å². The van der Waals surface area contributed by atoms with Gasteiger partial charge in [-0.2, -0.15) is 0 Å². The fourth-order valence-electron chi connectivity index (χ4n) is 3.75. The number of hydrogen-bond donors (Lipinski definition) is 0. The fourth-order valence-corrected chi connectivity index (χ4v) is 3.75. The number of amides is 2. The maximum absolute atomic E-state index is 12.8. The molecule has 4 rings (SSSR count). The molecule has 9 heteroatoms. The first kappa shape index (κ1) is 22.3. The lowest BCUT2D eigenvalue weighted by atomic mass is 10.1. The molecule has 0 aliphatic carbocycles. The summed E-state index contributed by atoms with van der Waals surface area (Å²) < 4.78 is 10.6. The molecule has 0 unspecified atom stereocenters. The van der Waals surface area contributed by atoms with E-state index in [1.54, 1.807) is 30.4 Å². The van der Waals surface area contributed by atoms with Gasteiger partial charge in [0, 0.05) is 38.7 Å². The zero-order chi connectivity index (χ0) is 23.2. The lowest BCUT2D eigenvalue weighted by Gasteiger charge is -2.36. The molecule has 0 N–H and O–H groups in total. The second-order valence-corrected chi connectivity index (χ2v) is 7.83. The average molecular weight is 450 g/mol. The van der Waals surface area contributed by atoms with Crippen LogP contribution < -0.4 is 9.64 Å². The average Bonchev–Trinajstić information content (AvgIpc) is 3.37. The van der Waals surface area contributed by atoms with Gasteiger partial charge in [0.05, 0.1) is 25.6 Å². The quantitative estimate of drug-likeness (QED) is 0.547.